The molecule has 1 aliphatic rings. The maximum absolute atomic E-state index is 13.4. The fraction of sp³-hybridized carbons (Fsp3) is 0.286. The van der Waals surface area contributed by atoms with Crippen molar-refractivity contribution in [2.45, 2.75) is 24.9 Å². The van der Waals surface area contributed by atoms with Crippen LogP contribution in [0, 0.1) is 5.92 Å². The number of ether oxygens (including phenoxy) is 1. The number of nitrogens with one attached hydrogen (secondary N) is 1. The molecule has 0 fully saturated rings. The predicted molar refractivity (Wildman–Crippen MR) is 107 cm³/mol. The van der Waals surface area contributed by atoms with Crippen LogP contribution in [-0.2, 0) is 16.0 Å². The number of halogens is 1. The summed E-state index contributed by atoms with van der Waals surface area (Å²) in [7, 11) is 1.27. The van der Waals surface area contributed by atoms with E-state index in [2.05, 4.69) is 10.1 Å². The van der Waals surface area contributed by atoms with Crippen LogP contribution in [0.2, 0.25) is 5.02 Å². The standard InChI is InChI=1S/C21H20ClN3O4/c1-21(28)11-14-17(19(26)25(24-14)15-5-3-4-10-23-15)16(18(21)20(27)29-2)12-6-8-13(22)9-7-12/h3-10,16,18,24,28H,11H2,1-2H3. The normalized spacial score (nSPS) is 23.4. The summed E-state index contributed by atoms with van der Waals surface area (Å²) in [5, 5.41) is 14.8. The molecule has 4 rings (SSSR count). The summed E-state index contributed by atoms with van der Waals surface area (Å²) >= 11 is 6.03. The molecule has 3 unspecified atom stereocenters. The van der Waals surface area contributed by atoms with Crippen molar-refractivity contribution < 1.29 is 14.6 Å². The number of H-pyrrole nitrogens is 1. The first-order valence-corrected chi connectivity index (χ1v) is 9.52. The molecule has 0 spiro atoms. The Bertz CT molecular complexity index is 1100. The van der Waals surface area contributed by atoms with Gasteiger partial charge < -0.3 is 9.84 Å². The van der Waals surface area contributed by atoms with Crippen LogP contribution in [0.25, 0.3) is 5.82 Å². The Morgan fingerprint density at radius 1 is 1.31 bits per heavy atom. The van der Waals surface area contributed by atoms with Gasteiger partial charge in [0.2, 0.25) is 0 Å². The second-order valence-electron chi connectivity index (χ2n) is 7.40. The van der Waals surface area contributed by atoms with Crippen molar-refractivity contribution in [3.63, 3.8) is 0 Å². The van der Waals surface area contributed by atoms with Crippen LogP contribution >= 0.6 is 11.6 Å². The van der Waals surface area contributed by atoms with E-state index in [0.717, 1.165) is 0 Å². The average molecular weight is 414 g/mol. The van der Waals surface area contributed by atoms with Crippen molar-refractivity contribution in [2.24, 2.45) is 5.92 Å². The Morgan fingerprint density at radius 2 is 2.03 bits per heavy atom. The van der Waals surface area contributed by atoms with E-state index in [9.17, 15) is 14.7 Å². The lowest BCUT2D eigenvalue weighted by Crippen LogP contribution is -2.49. The van der Waals surface area contributed by atoms with E-state index in [1.807, 2.05) is 0 Å². The summed E-state index contributed by atoms with van der Waals surface area (Å²) < 4.78 is 6.33. The summed E-state index contributed by atoms with van der Waals surface area (Å²) in [6.07, 6.45) is 1.69. The molecule has 0 radical (unpaired) electrons. The fourth-order valence-electron chi connectivity index (χ4n) is 4.14. The van der Waals surface area contributed by atoms with E-state index >= 15 is 0 Å². The smallest absolute Gasteiger partial charge is 0.312 e. The van der Waals surface area contributed by atoms with E-state index < -0.39 is 23.4 Å². The highest BCUT2D eigenvalue weighted by Gasteiger charge is 2.51. The number of aromatic nitrogens is 3. The van der Waals surface area contributed by atoms with Gasteiger partial charge in [-0.2, -0.15) is 0 Å². The summed E-state index contributed by atoms with van der Waals surface area (Å²) in [5.41, 5.74) is -0.0760. The monoisotopic (exact) mass is 413 g/mol. The lowest BCUT2D eigenvalue weighted by atomic mass is 9.66. The Labute approximate surface area is 171 Å². The maximum atomic E-state index is 13.4. The Morgan fingerprint density at radius 3 is 2.66 bits per heavy atom. The topological polar surface area (TPSA) is 97.2 Å². The van der Waals surface area contributed by atoms with E-state index in [4.69, 9.17) is 16.3 Å². The third-order valence-electron chi connectivity index (χ3n) is 5.42. The van der Waals surface area contributed by atoms with E-state index in [-0.39, 0.29) is 12.0 Å². The van der Waals surface area contributed by atoms with Crippen LogP contribution in [0.4, 0.5) is 0 Å². The van der Waals surface area contributed by atoms with Crippen molar-refractivity contribution in [3.8, 4) is 5.82 Å². The molecular weight excluding hydrogens is 394 g/mol. The summed E-state index contributed by atoms with van der Waals surface area (Å²) in [6, 6.07) is 12.1. The van der Waals surface area contributed by atoms with Crippen LogP contribution < -0.4 is 5.56 Å². The van der Waals surface area contributed by atoms with Crippen LogP contribution in [-0.4, -0.2) is 38.6 Å². The highest BCUT2D eigenvalue weighted by atomic mass is 35.5. The molecule has 7 nitrogen and oxygen atoms in total. The van der Waals surface area contributed by atoms with Crippen LogP contribution in [0.5, 0.6) is 0 Å². The van der Waals surface area contributed by atoms with Crippen LogP contribution in [0.15, 0.2) is 53.5 Å². The van der Waals surface area contributed by atoms with Gasteiger partial charge in [-0.25, -0.2) is 9.67 Å². The second kappa shape index (κ2) is 7.17. The average Bonchev–Trinajstić information content (AvgIpc) is 3.02. The highest BCUT2D eigenvalue weighted by molar-refractivity contribution is 6.30. The van der Waals surface area contributed by atoms with Crippen molar-refractivity contribution in [1.29, 1.82) is 0 Å². The number of carbonyl (C=O) groups is 1. The number of pyridine rings is 1. The number of hydrogen-bond donors (Lipinski definition) is 2. The summed E-state index contributed by atoms with van der Waals surface area (Å²) in [6.45, 7) is 1.58. The van der Waals surface area contributed by atoms with Crippen molar-refractivity contribution in [1.82, 2.24) is 14.8 Å². The first-order chi connectivity index (χ1) is 13.8. The second-order valence-corrected chi connectivity index (χ2v) is 7.83. The molecule has 2 N–H and O–H groups in total. The van der Waals surface area contributed by atoms with Gasteiger partial charge in [-0.1, -0.05) is 29.8 Å². The van der Waals surface area contributed by atoms with Crippen molar-refractivity contribution >= 4 is 17.6 Å². The summed E-state index contributed by atoms with van der Waals surface area (Å²) in [4.78, 5) is 30.3. The van der Waals surface area contributed by atoms with Gasteiger partial charge in [-0.15, -0.1) is 0 Å². The van der Waals surface area contributed by atoms with Crippen LogP contribution in [0.1, 0.15) is 29.7 Å². The number of fused-ring (bicyclic) bond motifs is 1. The first kappa shape index (κ1) is 19.4. The molecule has 1 aromatic carbocycles. The Hall–Kier alpha value is -2.90. The third kappa shape index (κ3) is 3.26. The summed E-state index contributed by atoms with van der Waals surface area (Å²) in [5.74, 6) is -1.81. The van der Waals surface area contributed by atoms with Gasteiger partial charge in [0, 0.05) is 34.8 Å². The van der Waals surface area contributed by atoms with Gasteiger partial charge in [0.05, 0.1) is 18.6 Å². The predicted octanol–water partition coefficient (Wildman–Crippen LogP) is 2.44. The lowest BCUT2D eigenvalue weighted by Gasteiger charge is -2.40. The number of benzene rings is 1. The van der Waals surface area contributed by atoms with Gasteiger partial charge in [-0.3, -0.25) is 14.7 Å². The molecule has 0 amide bonds. The molecule has 0 saturated heterocycles. The molecular formula is C21H20ClN3O4. The minimum Gasteiger partial charge on any atom is -0.469 e. The number of aromatic amines is 1. The van der Waals surface area contributed by atoms with E-state index in [0.29, 0.717) is 27.7 Å². The van der Waals surface area contributed by atoms with Gasteiger partial charge in [0.1, 0.15) is 0 Å². The first-order valence-electron chi connectivity index (χ1n) is 9.14. The van der Waals surface area contributed by atoms with Crippen molar-refractivity contribution in [2.75, 3.05) is 7.11 Å². The lowest BCUT2D eigenvalue weighted by molar-refractivity contribution is -0.156. The molecule has 2 aromatic heterocycles. The number of methoxy groups -OCH3 is 1. The van der Waals surface area contributed by atoms with Gasteiger partial charge in [0.15, 0.2) is 5.82 Å². The minimum absolute atomic E-state index is 0.0985. The van der Waals surface area contributed by atoms with E-state index in [1.54, 1.807) is 55.6 Å². The Balaban J connectivity index is 1.97. The molecule has 0 saturated carbocycles. The zero-order valence-electron chi connectivity index (χ0n) is 15.9. The number of rotatable bonds is 3. The quantitative estimate of drug-likeness (QED) is 0.643. The zero-order valence-corrected chi connectivity index (χ0v) is 16.7. The minimum atomic E-state index is -1.43. The van der Waals surface area contributed by atoms with Gasteiger partial charge in [-0.05, 0) is 36.8 Å². The molecule has 8 heteroatoms. The fourth-order valence-corrected chi connectivity index (χ4v) is 4.26. The SMILES string of the molecule is COC(=O)C1C(c2ccc(Cl)cc2)c2c([nH]n(-c3ccccn3)c2=O)CC1(C)O. The highest BCUT2D eigenvalue weighted by Crippen LogP contribution is 2.44. The zero-order chi connectivity index (χ0) is 20.8. The molecule has 3 aromatic rings. The molecule has 2 heterocycles. The number of carbonyl (C=O) groups excluding carboxylic acids is 1. The number of hydrogen-bond acceptors (Lipinski definition) is 5. The third-order valence-corrected chi connectivity index (χ3v) is 5.67. The van der Waals surface area contributed by atoms with Gasteiger partial charge >= 0.3 is 5.97 Å². The van der Waals surface area contributed by atoms with Gasteiger partial charge in [0.25, 0.3) is 5.56 Å². The number of aliphatic hydroxyl groups is 1. The molecule has 29 heavy (non-hydrogen) atoms. The molecule has 1 aliphatic carbocycles. The molecule has 0 bridgehead atoms. The van der Waals surface area contributed by atoms with E-state index in [1.165, 1.54) is 11.8 Å². The van der Waals surface area contributed by atoms with Crippen molar-refractivity contribution in [3.05, 3.63) is 80.9 Å². The maximum Gasteiger partial charge on any atom is 0.312 e. The Kier molecular flexibility index (Phi) is 4.80. The number of nitrogens with zero attached hydrogens (tertiary/aromatic N) is 2. The van der Waals surface area contributed by atoms with Crippen LogP contribution in [0.3, 0.4) is 0 Å². The number of esters is 1. The molecule has 150 valence electrons. The largest absolute Gasteiger partial charge is 0.469 e. The molecule has 0 aliphatic heterocycles. The molecule has 3 atom stereocenters.